The average Bonchev–Trinajstić information content (AvgIpc) is 2.90. The van der Waals surface area contributed by atoms with E-state index in [-0.39, 0.29) is 0 Å². The molecule has 3 nitrogen and oxygen atoms in total. The highest BCUT2D eigenvalue weighted by atomic mass is 16.5. The molecule has 2 aromatic carbocycles. The molecule has 0 atom stereocenters. The van der Waals surface area contributed by atoms with Crippen molar-refractivity contribution in [3.63, 3.8) is 0 Å². The minimum absolute atomic E-state index is 0.838. The van der Waals surface area contributed by atoms with Crippen molar-refractivity contribution >= 4 is 21.9 Å². The van der Waals surface area contributed by atoms with Crippen LogP contribution in [0.2, 0.25) is 0 Å². The van der Waals surface area contributed by atoms with Gasteiger partial charge < -0.3 is 9.30 Å². The highest BCUT2D eigenvalue weighted by Crippen LogP contribution is 2.31. The maximum atomic E-state index is 5.38. The number of aromatic nitrogens is 2. The third-order valence-corrected chi connectivity index (χ3v) is 4.42. The molecule has 0 amide bonds. The summed E-state index contributed by atoms with van der Waals surface area (Å²) in [6.07, 6.45) is 1.85. The number of hydrogen-bond acceptors (Lipinski definition) is 2. The van der Waals surface area contributed by atoms with Crippen LogP contribution in [-0.2, 0) is 6.54 Å². The number of fused-ring (bicyclic) bond motifs is 3. The second-order valence-electron chi connectivity index (χ2n) is 5.77. The molecule has 0 fully saturated rings. The summed E-state index contributed by atoms with van der Waals surface area (Å²) in [5.74, 6) is 0.859. The highest BCUT2D eigenvalue weighted by molar-refractivity contribution is 6.06. The van der Waals surface area contributed by atoms with Gasteiger partial charge in [0, 0.05) is 18.1 Å². The predicted octanol–water partition coefficient (Wildman–Crippen LogP) is 4.55. The highest BCUT2D eigenvalue weighted by Gasteiger charge is 2.13. The number of methoxy groups -OCH3 is 1. The third kappa shape index (κ3) is 2.25. The lowest BCUT2D eigenvalue weighted by Crippen LogP contribution is -2.01. The van der Waals surface area contributed by atoms with Gasteiger partial charge in [0.15, 0.2) is 0 Å². The van der Waals surface area contributed by atoms with E-state index in [0.717, 1.165) is 28.7 Å². The van der Waals surface area contributed by atoms with Crippen LogP contribution < -0.4 is 4.74 Å². The molecule has 0 aliphatic heterocycles. The Bertz CT molecular complexity index is 1000. The average molecular weight is 302 g/mol. The Morgan fingerprint density at radius 3 is 2.70 bits per heavy atom. The van der Waals surface area contributed by atoms with E-state index in [1.54, 1.807) is 7.11 Å². The standard InChI is InChI=1S/C20H18N2O/c1-14-6-3-4-7-15(14)13-22-18-10-9-16(23-2)12-17(18)20-19(22)8-5-11-21-20/h3-12H,13H2,1-2H3. The van der Waals surface area contributed by atoms with Gasteiger partial charge in [0.05, 0.1) is 23.7 Å². The number of hydrogen-bond donors (Lipinski definition) is 0. The van der Waals surface area contributed by atoms with Crippen LogP contribution in [0.1, 0.15) is 11.1 Å². The van der Waals surface area contributed by atoms with E-state index in [2.05, 4.69) is 58.9 Å². The minimum atomic E-state index is 0.838. The molecule has 0 aliphatic carbocycles. The van der Waals surface area contributed by atoms with Gasteiger partial charge in [-0.3, -0.25) is 4.98 Å². The van der Waals surface area contributed by atoms with Crippen molar-refractivity contribution in [2.24, 2.45) is 0 Å². The van der Waals surface area contributed by atoms with E-state index in [4.69, 9.17) is 4.74 Å². The summed E-state index contributed by atoms with van der Waals surface area (Å²) >= 11 is 0. The summed E-state index contributed by atoms with van der Waals surface area (Å²) in [5.41, 5.74) is 5.99. The molecule has 0 bridgehead atoms. The minimum Gasteiger partial charge on any atom is -0.497 e. The molecule has 0 N–H and O–H groups in total. The zero-order valence-electron chi connectivity index (χ0n) is 13.3. The van der Waals surface area contributed by atoms with E-state index in [1.165, 1.54) is 16.6 Å². The van der Waals surface area contributed by atoms with Crippen molar-refractivity contribution in [3.8, 4) is 5.75 Å². The summed E-state index contributed by atoms with van der Waals surface area (Å²) in [6.45, 7) is 3.00. The molecule has 3 heteroatoms. The lowest BCUT2D eigenvalue weighted by molar-refractivity contribution is 0.415. The molecule has 0 saturated carbocycles. The summed E-state index contributed by atoms with van der Waals surface area (Å²) in [5, 5.41) is 1.13. The molecule has 0 spiro atoms. The summed E-state index contributed by atoms with van der Waals surface area (Å²) < 4.78 is 7.71. The topological polar surface area (TPSA) is 27.1 Å². The molecule has 0 radical (unpaired) electrons. The Kier molecular flexibility index (Phi) is 3.27. The number of aryl methyl sites for hydroxylation is 1. The molecular weight excluding hydrogens is 284 g/mol. The van der Waals surface area contributed by atoms with Crippen LogP contribution in [0.4, 0.5) is 0 Å². The van der Waals surface area contributed by atoms with Gasteiger partial charge in [-0.25, -0.2) is 0 Å². The van der Waals surface area contributed by atoms with E-state index >= 15 is 0 Å². The van der Waals surface area contributed by atoms with Crippen LogP contribution in [0, 0.1) is 6.92 Å². The molecule has 4 aromatic rings. The Morgan fingerprint density at radius 2 is 1.87 bits per heavy atom. The van der Waals surface area contributed by atoms with Gasteiger partial charge in [0.2, 0.25) is 0 Å². The quantitative estimate of drug-likeness (QED) is 0.555. The Balaban J connectivity index is 1.99. The zero-order valence-corrected chi connectivity index (χ0v) is 13.3. The van der Waals surface area contributed by atoms with E-state index in [9.17, 15) is 0 Å². The molecule has 2 heterocycles. The lowest BCUT2D eigenvalue weighted by atomic mass is 10.1. The number of ether oxygens (including phenoxy) is 1. The van der Waals surface area contributed by atoms with Crippen molar-refractivity contribution in [1.29, 1.82) is 0 Å². The number of pyridine rings is 1. The Labute approximate surface area is 135 Å². The van der Waals surface area contributed by atoms with Crippen LogP contribution >= 0.6 is 0 Å². The van der Waals surface area contributed by atoms with Gasteiger partial charge in [0.1, 0.15) is 5.75 Å². The van der Waals surface area contributed by atoms with Gasteiger partial charge in [0.25, 0.3) is 0 Å². The molecule has 23 heavy (non-hydrogen) atoms. The maximum absolute atomic E-state index is 5.38. The van der Waals surface area contributed by atoms with Crippen LogP contribution in [0.15, 0.2) is 60.8 Å². The van der Waals surface area contributed by atoms with Crippen LogP contribution in [0.5, 0.6) is 5.75 Å². The summed E-state index contributed by atoms with van der Waals surface area (Å²) in [7, 11) is 1.70. The van der Waals surface area contributed by atoms with Gasteiger partial charge in [-0.15, -0.1) is 0 Å². The first-order valence-corrected chi connectivity index (χ1v) is 7.73. The van der Waals surface area contributed by atoms with Crippen molar-refractivity contribution in [2.75, 3.05) is 7.11 Å². The summed E-state index contributed by atoms with van der Waals surface area (Å²) in [6, 6.07) is 18.8. The van der Waals surface area contributed by atoms with E-state index < -0.39 is 0 Å². The molecule has 0 aliphatic rings. The monoisotopic (exact) mass is 302 g/mol. The Morgan fingerprint density at radius 1 is 1.00 bits per heavy atom. The normalized spacial score (nSPS) is 11.2. The van der Waals surface area contributed by atoms with Gasteiger partial charge in [-0.05, 0) is 48.4 Å². The van der Waals surface area contributed by atoms with Crippen molar-refractivity contribution in [2.45, 2.75) is 13.5 Å². The molecule has 0 unspecified atom stereocenters. The van der Waals surface area contributed by atoms with Crippen LogP contribution in [0.25, 0.3) is 21.9 Å². The second kappa shape index (κ2) is 5.43. The zero-order chi connectivity index (χ0) is 15.8. The Hall–Kier alpha value is -2.81. The lowest BCUT2D eigenvalue weighted by Gasteiger charge is -2.10. The van der Waals surface area contributed by atoms with E-state index in [1.807, 2.05) is 18.3 Å². The van der Waals surface area contributed by atoms with Gasteiger partial charge in [-0.1, -0.05) is 24.3 Å². The molecule has 4 rings (SSSR count). The van der Waals surface area contributed by atoms with Crippen LogP contribution in [0.3, 0.4) is 0 Å². The number of benzene rings is 2. The van der Waals surface area contributed by atoms with Crippen molar-refractivity contribution < 1.29 is 4.74 Å². The second-order valence-corrected chi connectivity index (χ2v) is 5.77. The van der Waals surface area contributed by atoms with E-state index in [0.29, 0.717) is 0 Å². The number of nitrogens with zero attached hydrogens (tertiary/aromatic N) is 2. The molecular formula is C20H18N2O. The van der Waals surface area contributed by atoms with Gasteiger partial charge in [-0.2, -0.15) is 0 Å². The van der Waals surface area contributed by atoms with Crippen LogP contribution in [-0.4, -0.2) is 16.7 Å². The fraction of sp³-hybridized carbons (Fsp3) is 0.150. The third-order valence-electron chi connectivity index (χ3n) is 4.42. The fourth-order valence-electron chi connectivity index (χ4n) is 3.15. The van der Waals surface area contributed by atoms with Gasteiger partial charge >= 0.3 is 0 Å². The SMILES string of the molecule is COc1ccc2c(c1)c1ncccc1n2Cc1ccccc1C. The molecule has 114 valence electrons. The molecule has 2 aromatic heterocycles. The number of rotatable bonds is 3. The fourth-order valence-corrected chi connectivity index (χ4v) is 3.15. The molecule has 0 saturated heterocycles. The van der Waals surface area contributed by atoms with Crippen molar-refractivity contribution in [1.82, 2.24) is 9.55 Å². The first-order chi connectivity index (χ1) is 11.3. The predicted molar refractivity (Wildman–Crippen MR) is 94.1 cm³/mol. The smallest absolute Gasteiger partial charge is 0.119 e. The van der Waals surface area contributed by atoms with Crippen molar-refractivity contribution in [3.05, 3.63) is 71.9 Å². The first-order valence-electron chi connectivity index (χ1n) is 7.73. The summed E-state index contributed by atoms with van der Waals surface area (Å²) in [4.78, 5) is 4.59. The largest absolute Gasteiger partial charge is 0.497 e. The maximum Gasteiger partial charge on any atom is 0.119 e. The first kappa shape index (κ1) is 13.8.